The van der Waals surface area contributed by atoms with Crippen molar-refractivity contribution < 1.29 is 14.3 Å². The van der Waals surface area contributed by atoms with E-state index in [-0.39, 0.29) is 17.1 Å². The summed E-state index contributed by atoms with van der Waals surface area (Å²) in [4.78, 5) is 26.8. The van der Waals surface area contributed by atoms with Crippen LogP contribution in [0.2, 0.25) is 5.02 Å². The van der Waals surface area contributed by atoms with E-state index in [1.54, 1.807) is 37.5 Å². The van der Waals surface area contributed by atoms with Gasteiger partial charge in [-0.05, 0) is 83.8 Å². The molecule has 2 aromatic carbocycles. The van der Waals surface area contributed by atoms with Crippen molar-refractivity contribution in [1.82, 2.24) is 0 Å². The maximum Gasteiger partial charge on any atom is 0.298 e. The number of carbonyl (C=O) groups excluding carboxylic acids is 2. The van der Waals surface area contributed by atoms with Gasteiger partial charge in [0.15, 0.2) is 0 Å². The molecule has 6 heteroatoms. The Bertz CT molecular complexity index is 935. The van der Waals surface area contributed by atoms with Gasteiger partial charge >= 0.3 is 0 Å². The molecule has 1 aliphatic heterocycles. The summed E-state index contributed by atoms with van der Waals surface area (Å²) in [5.41, 5.74) is 3.46. The molecular weight excluding hydrogens is 382 g/mol. The summed E-state index contributed by atoms with van der Waals surface area (Å²) in [7, 11) is 1.65. The lowest BCUT2D eigenvalue weighted by Gasteiger charge is -2.15. The standard InChI is InChI=1S/C21H20ClNO3S/c1-12(2)17-10-14(13(3)9-18(17)26-4)11-19-20(24)23(21(25)27-19)16-7-5-15(22)6-8-16/h5-12H,1-4H3/b19-11+. The molecule has 1 saturated heterocycles. The molecule has 4 nitrogen and oxygen atoms in total. The molecule has 0 saturated carbocycles. The Balaban J connectivity index is 1.99. The molecule has 1 aliphatic rings. The molecule has 2 amide bonds. The fraction of sp³-hybridized carbons (Fsp3) is 0.238. The van der Waals surface area contributed by atoms with Crippen molar-refractivity contribution >= 4 is 46.3 Å². The van der Waals surface area contributed by atoms with Gasteiger partial charge in [0.05, 0.1) is 17.7 Å². The van der Waals surface area contributed by atoms with Gasteiger partial charge in [-0.2, -0.15) is 0 Å². The summed E-state index contributed by atoms with van der Waals surface area (Å²) in [6.45, 7) is 6.14. The number of thioether (sulfide) groups is 1. The predicted octanol–water partition coefficient (Wildman–Crippen LogP) is 6.02. The van der Waals surface area contributed by atoms with E-state index in [2.05, 4.69) is 13.8 Å². The summed E-state index contributed by atoms with van der Waals surface area (Å²) in [5.74, 6) is 0.777. The van der Waals surface area contributed by atoms with Crippen LogP contribution in [0.3, 0.4) is 0 Å². The molecule has 1 fully saturated rings. The molecule has 3 rings (SSSR count). The van der Waals surface area contributed by atoms with Crippen LogP contribution in [0.1, 0.15) is 36.5 Å². The second kappa shape index (κ2) is 7.79. The number of hydrogen-bond donors (Lipinski definition) is 0. The van der Waals surface area contributed by atoms with Crippen LogP contribution < -0.4 is 9.64 Å². The monoisotopic (exact) mass is 401 g/mol. The Kier molecular flexibility index (Phi) is 5.63. The molecule has 0 spiro atoms. The second-order valence-corrected chi connectivity index (χ2v) is 8.03. The minimum absolute atomic E-state index is 0.275. The quantitative estimate of drug-likeness (QED) is 0.587. The van der Waals surface area contributed by atoms with E-state index in [0.717, 1.165) is 34.2 Å². The average Bonchev–Trinajstić information content (AvgIpc) is 2.90. The van der Waals surface area contributed by atoms with Crippen LogP contribution >= 0.6 is 23.4 Å². The zero-order valence-electron chi connectivity index (χ0n) is 15.6. The highest BCUT2D eigenvalue weighted by atomic mass is 35.5. The Morgan fingerprint density at radius 2 is 1.81 bits per heavy atom. The first-order chi connectivity index (χ1) is 12.8. The van der Waals surface area contributed by atoms with Crippen molar-refractivity contribution in [3.05, 3.63) is 63.0 Å². The van der Waals surface area contributed by atoms with E-state index in [1.807, 2.05) is 19.1 Å². The molecule has 0 N–H and O–H groups in total. The average molecular weight is 402 g/mol. The highest BCUT2D eigenvalue weighted by Crippen LogP contribution is 2.37. The molecule has 0 aliphatic carbocycles. The maximum absolute atomic E-state index is 12.8. The van der Waals surface area contributed by atoms with Gasteiger partial charge < -0.3 is 4.74 Å². The van der Waals surface area contributed by atoms with Crippen LogP contribution in [0.4, 0.5) is 10.5 Å². The molecule has 0 bridgehead atoms. The van der Waals surface area contributed by atoms with Crippen molar-refractivity contribution in [2.24, 2.45) is 0 Å². The first kappa shape index (κ1) is 19.5. The highest BCUT2D eigenvalue weighted by molar-refractivity contribution is 8.19. The van der Waals surface area contributed by atoms with Gasteiger partial charge in [0.1, 0.15) is 5.75 Å². The molecule has 0 atom stereocenters. The number of amides is 2. The fourth-order valence-corrected chi connectivity index (χ4v) is 3.88. The van der Waals surface area contributed by atoms with Crippen LogP contribution in [-0.2, 0) is 4.79 Å². The zero-order valence-corrected chi connectivity index (χ0v) is 17.1. The van der Waals surface area contributed by atoms with Gasteiger partial charge in [-0.15, -0.1) is 0 Å². The van der Waals surface area contributed by atoms with Crippen molar-refractivity contribution in [3.63, 3.8) is 0 Å². The van der Waals surface area contributed by atoms with Crippen molar-refractivity contribution in [2.75, 3.05) is 12.0 Å². The van der Waals surface area contributed by atoms with Gasteiger partial charge in [-0.3, -0.25) is 9.59 Å². The third-order valence-corrected chi connectivity index (χ3v) is 5.53. The Morgan fingerprint density at radius 1 is 1.15 bits per heavy atom. The molecule has 27 heavy (non-hydrogen) atoms. The second-order valence-electron chi connectivity index (χ2n) is 6.60. The van der Waals surface area contributed by atoms with E-state index in [1.165, 1.54) is 4.90 Å². The number of rotatable bonds is 4. The predicted molar refractivity (Wildman–Crippen MR) is 112 cm³/mol. The number of carbonyl (C=O) groups is 2. The summed E-state index contributed by atoms with van der Waals surface area (Å²) in [5, 5.41) is 0.236. The SMILES string of the molecule is COc1cc(C)c(/C=C2/SC(=O)N(c3ccc(Cl)cc3)C2=O)cc1C(C)C. The highest BCUT2D eigenvalue weighted by Gasteiger charge is 2.36. The van der Waals surface area contributed by atoms with Gasteiger partial charge in [-0.1, -0.05) is 25.4 Å². The fourth-order valence-electron chi connectivity index (χ4n) is 2.92. The number of hydrogen-bond acceptors (Lipinski definition) is 4. The number of methoxy groups -OCH3 is 1. The third kappa shape index (κ3) is 3.89. The summed E-state index contributed by atoms with van der Waals surface area (Å²) in [6.07, 6.45) is 1.78. The smallest absolute Gasteiger partial charge is 0.298 e. The van der Waals surface area contributed by atoms with E-state index in [0.29, 0.717) is 15.6 Å². The lowest BCUT2D eigenvalue weighted by atomic mass is 9.96. The third-order valence-electron chi connectivity index (χ3n) is 4.41. The number of aryl methyl sites for hydroxylation is 1. The van der Waals surface area contributed by atoms with Crippen LogP contribution in [0.5, 0.6) is 5.75 Å². The van der Waals surface area contributed by atoms with Gasteiger partial charge in [0.2, 0.25) is 0 Å². The first-order valence-corrected chi connectivity index (χ1v) is 9.73. The molecule has 0 unspecified atom stereocenters. The number of benzene rings is 2. The van der Waals surface area contributed by atoms with Crippen LogP contribution in [0.15, 0.2) is 41.3 Å². The number of anilines is 1. The molecule has 2 aromatic rings. The maximum atomic E-state index is 12.8. The van der Waals surface area contributed by atoms with E-state index in [9.17, 15) is 9.59 Å². The van der Waals surface area contributed by atoms with Crippen molar-refractivity contribution in [3.8, 4) is 5.75 Å². The molecule has 140 valence electrons. The Labute approximate surface area is 168 Å². The first-order valence-electron chi connectivity index (χ1n) is 8.54. The Hall–Kier alpha value is -2.24. The molecular formula is C21H20ClNO3S. The molecule has 0 aromatic heterocycles. The number of halogens is 1. The number of ether oxygens (including phenoxy) is 1. The molecule has 0 radical (unpaired) electrons. The van der Waals surface area contributed by atoms with Crippen LogP contribution in [0.25, 0.3) is 6.08 Å². The summed E-state index contributed by atoms with van der Waals surface area (Å²) < 4.78 is 5.47. The number of nitrogens with zero attached hydrogens (tertiary/aromatic N) is 1. The largest absolute Gasteiger partial charge is 0.496 e. The van der Waals surface area contributed by atoms with Crippen molar-refractivity contribution in [2.45, 2.75) is 26.7 Å². The topological polar surface area (TPSA) is 46.6 Å². The number of imide groups is 1. The lowest BCUT2D eigenvalue weighted by molar-refractivity contribution is -0.113. The lowest BCUT2D eigenvalue weighted by Crippen LogP contribution is -2.27. The van der Waals surface area contributed by atoms with Crippen LogP contribution in [-0.4, -0.2) is 18.3 Å². The summed E-state index contributed by atoms with van der Waals surface area (Å²) in [6, 6.07) is 10.6. The molecule has 1 heterocycles. The zero-order chi connectivity index (χ0) is 19.7. The van der Waals surface area contributed by atoms with E-state index >= 15 is 0 Å². The van der Waals surface area contributed by atoms with Crippen molar-refractivity contribution in [1.29, 1.82) is 0 Å². The van der Waals surface area contributed by atoms with Crippen LogP contribution in [0, 0.1) is 6.92 Å². The minimum atomic E-state index is -0.325. The Morgan fingerprint density at radius 3 is 2.41 bits per heavy atom. The van der Waals surface area contributed by atoms with E-state index in [4.69, 9.17) is 16.3 Å². The normalized spacial score (nSPS) is 15.9. The summed E-state index contributed by atoms with van der Waals surface area (Å²) >= 11 is 6.84. The van der Waals surface area contributed by atoms with Gasteiger partial charge in [-0.25, -0.2) is 4.90 Å². The minimum Gasteiger partial charge on any atom is -0.496 e. The van der Waals surface area contributed by atoms with Gasteiger partial charge in [0.25, 0.3) is 11.1 Å². The van der Waals surface area contributed by atoms with E-state index < -0.39 is 0 Å². The van der Waals surface area contributed by atoms with Gasteiger partial charge in [0, 0.05) is 5.02 Å².